The monoisotopic (exact) mass is 279 g/mol. The summed E-state index contributed by atoms with van der Waals surface area (Å²) in [7, 11) is 0. The van der Waals surface area contributed by atoms with Gasteiger partial charge in [-0.2, -0.15) is 4.68 Å². The van der Waals surface area contributed by atoms with E-state index in [4.69, 9.17) is 5.11 Å². The van der Waals surface area contributed by atoms with E-state index in [0.717, 1.165) is 12.8 Å². The van der Waals surface area contributed by atoms with Gasteiger partial charge in [0.05, 0.1) is 12.3 Å². The number of carbonyl (C=O) groups is 1. The van der Waals surface area contributed by atoms with Crippen molar-refractivity contribution in [2.24, 2.45) is 0 Å². The van der Waals surface area contributed by atoms with E-state index < -0.39 is 0 Å². The molecule has 0 spiro atoms. The van der Waals surface area contributed by atoms with Crippen molar-refractivity contribution in [2.75, 3.05) is 13.2 Å². The van der Waals surface area contributed by atoms with Gasteiger partial charge in [0.2, 0.25) is 0 Å². The lowest BCUT2D eigenvalue weighted by Gasteiger charge is -2.21. The number of aromatic nitrogens is 4. The molecule has 7 nitrogen and oxygen atoms in total. The number of hydrogen-bond acceptors (Lipinski definition) is 6. The Kier molecular flexibility index (Phi) is 3.26. The first kappa shape index (κ1) is 12.2. The molecule has 0 aromatic carbocycles. The maximum Gasteiger partial charge on any atom is 0.266 e. The fraction of sp³-hybridized carbons (Fsp3) is 0.455. The Morgan fingerprint density at radius 1 is 1.58 bits per heavy atom. The highest BCUT2D eigenvalue weighted by molar-refractivity contribution is 7.12. The van der Waals surface area contributed by atoms with Crippen LogP contribution in [-0.2, 0) is 0 Å². The summed E-state index contributed by atoms with van der Waals surface area (Å²) in [4.78, 5) is 14.9. The number of carbonyl (C=O) groups excluding carboxylic acids is 1. The van der Waals surface area contributed by atoms with Crippen molar-refractivity contribution >= 4 is 17.2 Å². The quantitative estimate of drug-likeness (QED) is 0.852. The normalized spacial score (nSPS) is 14.6. The first-order chi connectivity index (χ1) is 9.31. The van der Waals surface area contributed by atoms with Gasteiger partial charge in [0.1, 0.15) is 11.2 Å². The summed E-state index contributed by atoms with van der Waals surface area (Å²) in [5.74, 6) is -0.0583. The van der Waals surface area contributed by atoms with E-state index in [9.17, 15) is 4.79 Å². The Bertz CT molecular complexity index is 563. The van der Waals surface area contributed by atoms with Crippen molar-refractivity contribution in [3.05, 3.63) is 22.7 Å². The largest absolute Gasteiger partial charge is 0.395 e. The molecule has 8 heteroatoms. The van der Waals surface area contributed by atoms with Crippen molar-refractivity contribution in [1.29, 1.82) is 0 Å². The lowest BCUT2D eigenvalue weighted by atomic mass is 10.3. The molecular weight excluding hydrogens is 266 g/mol. The number of aliphatic hydroxyl groups excluding tert-OH is 1. The highest BCUT2D eigenvalue weighted by atomic mass is 32.1. The zero-order valence-corrected chi connectivity index (χ0v) is 11.0. The molecule has 0 bridgehead atoms. The maximum absolute atomic E-state index is 12.5. The molecule has 1 amide bonds. The maximum atomic E-state index is 12.5. The molecule has 19 heavy (non-hydrogen) atoms. The number of thiophene rings is 1. The molecule has 2 aromatic heterocycles. The molecule has 1 aliphatic carbocycles. The van der Waals surface area contributed by atoms with Crippen LogP contribution in [0.4, 0.5) is 0 Å². The van der Waals surface area contributed by atoms with Gasteiger partial charge in [-0.05, 0) is 34.7 Å². The highest BCUT2D eigenvalue weighted by Crippen LogP contribution is 2.30. The zero-order valence-electron chi connectivity index (χ0n) is 10.1. The van der Waals surface area contributed by atoms with Crippen LogP contribution in [-0.4, -0.2) is 55.3 Å². The van der Waals surface area contributed by atoms with Crippen LogP contribution in [0.5, 0.6) is 0 Å². The number of rotatable bonds is 5. The van der Waals surface area contributed by atoms with Gasteiger partial charge < -0.3 is 10.0 Å². The molecule has 3 rings (SSSR count). The zero-order chi connectivity index (χ0) is 13.2. The van der Waals surface area contributed by atoms with Crippen LogP contribution in [0.25, 0.3) is 5.69 Å². The minimum absolute atomic E-state index is 0.0200. The molecule has 2 heterocycles. The summed E-state index contributed by atoms with van der Waals surface area (Å²) in [6.07, 6.45) is 3.49. The van der Waals surface area contributed by atoms with E-state index in [1.807, 2.05) is 11.4 Å². The third-order valence-corrected chi connectivity index (χ3v) is 3.92. The third kappa shape index (κ3) is 2.36. The lowest BCUT2D eigenvalue weighted by molar-refractivity contribution is 0.0712. The summed E-state index contributed by atoms with van der Waals surface area (Å²) in [6, 6.07) is 2.08. The van der Waals surface area contributed by atoms with E-state index >= 15 is 0 Å². The average Bonchev–Trinajstić information content (AvgIpc) is 2.94. The van der Waals surface area contributed by atoms with Crippen LogP contribution in [0.1, 0.15) is 22.5 Å². The van der Waals surface area contributed by atoms with E-state index in [-0.39, 0.29) is 18.6 Å². The Hall–Kier alpha value is -1.80. The minimum atomic E-state index is -0.0583. The first-order valence-corrected chi connectivity index (χ1v) is 6.92. The molecule has 1 saturated carbocycles. The summed E-state index contributed by atoms with van der Waals surface area (Å²) in [6.45, 7) is 0.351. The highest BCUT2D eigenvalue weighted by Gasteiger charge is 2.34. The molecule has 2 aromatic rings. The van der Waals surface area contributed by atoms with Crippen LogP contribution in [0.15, 0.2) is 17.8 Å². The van der Waals surface area contributed by atoms with Crippen LogP contribution in [0.3, 0.4) is 0 Å². The summed E-state index contributed by atoms with van der Waals surface area (Å²) in [5.41, 5.74) is 0.684. The Morgan fingerprint density at radius 3 is 3.05 bits per heavy atom. The summed E-state index contributed by atoms with van der Waals surface area (Å²) >= 11 is 1.37. The van der Waals surface area contributed by atoms with Crippen LogP contribution < -0.4 is 0 Å². The number of tetrazole rings is 1. The van der Waals surface area contributed by atoms with E-state index in [0.29, 0.717) is 17.1 Å². The van der Waals surface area contributed by atoms with Gasteiger partial charge in [0, 0.05) is 12.6 Å². The molecule has 100 valence electrons. The molecule has 0 atom stereocenters. The van der Waals surface area contributed by atoms with Crippen LogP contribution >= 0.6 is 11.3 Å². The fourth-order valence-electron chi connectivity index (χ4n) is 1.99. The van der Waals surface area contributed by atoms with Crippen molar-refractivity contribution in [3.8, 4) is 5.69 Å². The Labute approximate surface area is 113 Å². The summed E-state index contributed by atoms with van der Waals surface area (Å²) < 4.78 is 1.48. The minimum Gasteiger partial charge on any atom is -0.395 e. The molecule has 1 fully saturated rings. The molecule has 0 radical (unpaired) electrons. The fourth-order valence-corrected chi connectivity index (χ4v) is 2.82. The van der Waals surface area contributed by atoms with Crippen molar-refractivity contribution < 1.29 is 9.90 Å². The van der Waals surface area contributed by atoms with Crippen molar-refractivity contribution in [2.45, 2.75) is 18.9 Å². The van der Waals surface area contributed by atoms with Crippen LogP contribution in [0.2, 0.25) is 0 Å². The molecule has 0 aliphatic heterocycles. The number of amides is 1. The van der Waals surface area contributed by atoms with Gasteiger partial charge in [-0.25, -0.2) is 0 Å². The van der Waals surface area contributed by atoms with Gasteiger partial charge in [0.25, 0.3) is 5.91 Å². The van der Waals surface area contributed by atoms with E-state index in [2.05, 4.69) is 15.5 Å². The average molecular weight is 279 g/mol. The van der Waals surface area contributed by atoms with Gasteiger partial charge in [0.15, 0.2) is 0 Å². The second-order valence-corrected chi connectivity index (χ2v) is 5.26. The number of aliphatic hydroxyl groups is 1. The third-order valence-electron chi connectivity index (χ3n) is 3.02. The van der Waals surface area contributed by atoms with Crippen molar-refractivity contribution in [1.82, 2.24) is 25.1 Å². The molecule has 1 N–H and O–H groups in total. The van der Waals surface area contributed by atoms with Crippen LogP contribution in [0, 0.1) is 0 Å². The van der Waals surface area contributed by atoms with Crippen molar-refractivity contribution in [3.63, 3.8) is 0 Å². The summed E-state index contributed by atoms with van der Waals surface area (Å²) in [5, 5.41) is 21.9. The number of nitrogens with zero attached hydrogens (tertiary/aromatic N) is 5. The first-order valence-electron chi connectivity index (χ1n) is 6.04. The molecular formula is C11H13N5O2S. The predicted molar refractivity (Wildman–Crippen MR) is 68.2 cm³/mol. The number of hydrogen-bond donors (Lipinski definition) is 1. The molecule has 0 saturated heterocycles. The standard InChI is InChI=1S/C11H13N5O2S/c17-5-4-15(8-1-2-8)11(18)10-9(3-6-19-10)16-7-12-13-14-16/h3,6-8,17H,1-2,4-5H2. The van der Waals surface area contributed by atoms with E-state index in [1.54, 1.807) is 4.90 Å². The van der Waals surface area contributed by atoms with Gasteiger partial charge in [-0.15, -0.1) is 16.4 Å². The van der Waals surface area contributed by atoms with E-state index in [1.165, 1.54) is 22.3 Å². The second-order valence-electron chi connectivity index (χ2n) is 4.34. The second kappa shape index (κ2) is 5.06. The molecule has 1 aliphatic rings. The Morgan fingerprint density at radius 2 is 2.42 bits per heavy atom. The van der Waals surface area contributed by atoms with Gasteiger partial charge in [-0.3, -0.25) is 4.79 Å². The smallest absolute Gasteiger partial charge is 0.266 e. The van der Waals surface area contributed by atoms with Gasteiger partial charge in [-0.1, -0.05) is 0 Å². The SMILES string of the molecule is O=C(c1sccc1-n1cnnn1)N(CCO)C1CC1. The lowest BCUT2D eigenvalue weighted by Crippen LogP contribution is -2.35. The van der Waals surface area contributed by atoms with Gasteiger partial charge >= 0.3 is 0 Å². The topological polar surface area (TPSA) is 84.1 Å². The molecule has 0 unspecified atom stereocenters. The predicted octanol–water partition coefficient (Wildman–Crippen LogP) is 0.321. The Balaban J connectivity index is 1.89.